The molecule has 0 amide bonds. The summed E-state index contributed by atoms with van der Waals surface area (Å²) in [6, 6.07) is 11.6. The van der Waals surface area contributed by atoms with Crippen LogP contribution in [0.25, 0.3) is 0 Å². The van der Waals surface area contributed by atoms with Gasteiger partial charge in [0.05, 0.1) is 17.7 Å². The number of anilines is 5. The molecule has 1 aromatic carbocycles. The first-order chi connectivity index (χ1) is 14.1. The molecule has 0 spiro atoms. The van der Waals surface area contributed by atoms with Crippen LogP contribution in [0.2, 0.25) is 0 Å². The molecule has 0 atom stereocenters. The highest BCUT2D eigenvalue weighted by atomic mass is 79.9. The van der Waals surface area contributed by atoms with Crippen molar-refractivity contribution in [2.45, 2.75) is 0 Å². The number of rotatable bonds is 5. The predicted molar refractivity (Wildman–Crippen MR) is 117 cm³/mol. The molecule has 0 aliphatic carbocycles. The summed E-state index contributed by atoms with van der Waals surface area (Å²) >= 11 is 3.43. The summed E-state index contributed by atoms with van der Waals surface area (Å²) in [5.41, 5.74) is 2.35. The van der Waals surface area contributed by atoms with Gasteiger partial charge in [-0.3, -0.25) is 4.79 Å². The van der Waals surface area contributed by atoms with Gasteiger partial charge >= 0.3 is 0 Å². The smallest absolute Gasteiger partial charge is 0.274 e. The van der Waals surface area contributed by atoms with Crippen LogP contribution in [0.5, 0.6) is 0 Å². The van der Waals surface area contributed by atoms with Gasteiger partial charge in [0.2, 0.25) is 5.95 Å². The fourth-order valence-electron chi connectivity index (χ4n) is 3.04. The average molecular weight is 457 g/mol. The van der Waals surface area contributed by atoms with Crippen LogP contribution in [0, 0.1) is 0 Å². The van der Waals surface area contributed by atoms with E-state index >= 15 is 0 Å². The van der Waals surface area contributed by atoms with Crippen LogP contribution in [-0.4, -0.2) is 40.8 Å². The summed E-state index contributed by atoms with van der Waals surface area (Å²) < 4.78 is 7.57. The lowest BCUT2D eigenvalue weighted by Gasteiger charge is -2.28. The van der Waals surface area contributed by atoms with Gasteiger partial charge in [-0.2, -0.15) is 4.98 Å². The zero-order valence-corrected chi connectivity index (χ0v) is 17.5. The third-order valence-corrected chi connectivity index (χ3v) is 5.20. The molecule has 4 rings (SSSR count). The first kappa shape index (κ1) is 19.4. The molecule has 29 heavy (non-hydrogen) atoms. The standard InChI is InChI=1S/C20H21BrN6O2/c1-26-8-2-3-17(19(26)28)24-18-16(21)13-22-20(25-18)23-14-4-6-15(7-5-14)27-9-11-29-12-10-27/h2-8,13H,9-12H2,1H3,(H2,22,23,24,25). The number of nitrogens with one attached hydrogen (secondary N) is 2. The highest BCUT2D eigenvalue weighted by Gasteiger charge is 2.12. The molecule has 1 saturated heterocycles. The van der Waals surface area contributed by atoms with Gasteiger partial charge in [-0.25, -0.2) is 4.98 Å². The maximum Gasteiger partial charge on any atom is 0.274 e. The van der Waals surface area contributed by atoms with Crippen LogP contribution < -0.4 is 21.1 Å². The van der Waals surface area contributed by atoms with Gasteiger partial charge in [-0.1, -0.05) is 0 Å². The zero-order valence-electron chi connectivity index (χ0n) is 15.9. The largest absolute Gasteiger partial charge is 0.378 e. The molecule has 1 aliphatic heterocycles. The van der Waals surface area contributed by atoms with Gasteiger partial charge in [0, 0.05) is 43.9 Å². The van der Waals surface area contributed by atoms with Crippen LogP contribution in [0.15, 0.2) is 58.1 Å². The van der Waals surface area contributed by atoms with Crippen LogP contribution in [0.4, 0.5) is 28.8 Å². The molecule has 8 nitrogen and oxygen atoms in total. The van der Waals surface area contributed by atoms with E-state index < -0.39 is 0 Å². The van der Waals surface area contributed by atoms with Gasteiger partial charge in [-0.15, -0.1) is 0 Å². The maximum atomic E-state index is 12.2. The van der Waals surface area contributed by atoms with Crippen molar-refractivity contribution in [3.8, 4) is 0 Å². The molecule has 1 aliphatic rings. The summed E-state index contributed by atoms with van der Waals surface area (Å²) in [4.78, 5) is 23.3. The monoisotopic (exact) mass is 456 g/mol. The van der Waals surface area contributed by atoms with Crippen molar-refractivity contribution in [1.29, 1.82) is 0 Å². The number of halogens is 1. The molecule has 150 valence electrons. The van der Waals surface area contributed by atoms with E-state index in [1.807, 2.05) is 12.1 Å². The summed E-state index contributed by atoms with van der Waals surface area (Å²) in [5, 5.41) is 6.27. The van der Waals surface area contributed by atoms with Crippen molar-refractivity contribution in [3.05, 3.63) is 63.6 Å². The van der Waals surface area contributed by atoms with Gasteiger partial charge in [0.15, 0.2) is 5.82 Å². The molecule has 3 heterocycles. The number of pyridine rings is 1. The van der Waals surface area contributed by atoms with E-state index in [0.717, 1.165) is 37.7 Å². The fourth-order valence-corrected chi connectivity index (χ4v) is 3.33. The molecular formula is C20H21BrN6O2. The lowest BCUT2D eigenvalue weighted by Crippen LogP contribution is -2.36. The Kier molecular flexibility index (Phi) is 5.77. The third kappa shape index (κ3) is 4.57. The van der Waals surface area contributed by atoms with Crippen molar-refractivity contribution in [1.82, 2.24) is 14.5 Å². The Labute approximate surface area is 176 Å². The van der Waals surface area contributed by atoms with Crippen LogP contribution >= 0.6 is 15.9 Å². The Bertz CT molecular complexity index is 1050. The molecule has 0 saturated carbocycles. The average Bonchev–Trinajstić information content (AvgIpc) is 2.75. The Hall–Kier alpha value is -2.91. The Balaban J connectivity index is 1.50. The molecular weight excluding hydrogens is 436 g/mol. The van der Waals surface area contributed by atoms with Crippen LogP contribution in [-0.2, 0) is 11.8 Å². The molecule has 9 heteroatoms. The molecule has 0 bridgehead atoms. The minimum absolute atomic E-state index is 0.133. The molecule has 1 fully saturated rings. The number of hydrogen-bond donors (Lipinski definition) is 2. The van der Waals surface area contributed by atoms with Crippen LogP contribution in [0.3, 0.4) is 0 Å². The van der Waals surface area contributed by atoms with E-state index in [2.05, 4.69) is 53.6 Å². The minimum atomic E-state index is -0.133. The zero-order chi connectivity index (χ0) is 20.2. The quantitative estimate of drug-likeness (QED) is 0.609. The molecule has 2 N–H and O–H groups in total. The second-order valence-corrected chi connectivity index (χ2v) is 7.48. The van der Waals surface area contributed by atoms with E-state index in [-0.39, 0.29) is 5.56 Å². The Morgan fingerprint density at radius 3 is 2.62 bits per heavy atom. The van der Waals surface area contributed by atoms with Gasteiger partial charge in [-0.05, 0) is 52.3 Å². The lowest BCUT2D eigenvalue weighted by atomic mass is 10.2. The highest BCUT2D eigenvalue weighted by Crippen LogP contribution is 2.25. The Morgan fingerprint density at radius 2 is 1.86 bits per heavy atom. The highest BCUT2D eigenvalue weighted by molar-refractivity contribution is 9.10. The second-order valence-electron chi connectivity index (χ2n) is 6.62. The lowest BCUT2D eigenvalue weighted by molar-refractivity contribution is 0.122. The number of aromatic nitrogens is 3. The number of ether oxygens (including phenoxy) is 1. The summed E-state index contributed by atoms with van der Waals surface area (Å²) in [5.74, 6) is 0.943. The van der Waals surface area contributed by atoms with E-state index in [1.165, 1.54) is 4.57 Å². The SMILES string of the molecule is Cn1cccc(Nc2nc(Nc3ccc(N4CCOCC4)cc3)ncc2Br)c1=O. The summed E-state index contributed by atoms with van der Waals surface area (Å²) in [6.45, 7) is 3.31. The van der Waals surface area contributed by atoms with E-state index in [0.29, 0.717) is 21.9 Å². The number of nitrogens with zero attached hydrogens (tertiary/aromatic N) is 4. The minimum Gasteiger partial charge on any atom is -0.378 e. The molecule has 0 radical (unpaired) electrons. The van der Waals surface area contributed by atoms with Gasteiger partial charge in [0.1, 0.15) is 5.69 Å². The summed E-state index contributed by atoms with van der Waals surface area (Å²) in [6.07, 6.45) is 3.35. The first-order valence-corrected chi connectivity index (χ1v) is 10.0. The van der Waals surface area contributed by atoms with E-state index in [4.69, 9.17) is 4.74 Å². The normalized spacial score (nSPS) is 13.9. The topological polar surface area (TPSA) is 84.3 Å². The van der Waals surface area contributed by atoms with E-state index in [1.54, 1.807) is 31.6 Å². The van der Waals surface area contributed by atoms with Crippen molar-refractivity contribution in [3.63, 3.8) is 0 Å². The summed E-state index contributed by atoms with van der Waals surface area (Å²) in [7, 11) is 1.70. The number of hydrogen-bond acceptors (Lipinski definition) is 7. The maximum absolute atomic E-state index is 12.2. The number of benzene rings is 1. The Morgan fingerprint density at radius 1 is 1.10 bits per heavy atom. The van der Waals surface area contributed by atoms with Gasteiger partial charge < -0.3 is 24.8 Å². The number of aryl methyl sites for hydroxylation is 1. The van der Waals surface area contributed by atoms with Crippen molar-refractivity contribution >= 4 is 44.8 Å². The van der Waals surface area contributed by atoms with Crippen LogP contribution in [0.1, 0.15) is 0 Å². The predicted octanol–water partition coefficient (Wildman–Crippen LogP) is 3.26. The van der Waals surface area contributed by atoms with Crippen molar-refractivity contribution in [2.24, 2.45) is 7.05 Å². The van der Waals surface area contributed by atoms with Gasteiger partial charge in [0.25, 0.3) is 5.56 Å². The first-order valence-electron chi connectivity index (χ1n) is 9.25. The fraction of sp³-hybridized carbons (Fsp3) is 0.250. The van der Waals surface area contributed by atoms with Crippen molar-refractivity contribution < 1.29 is 4.74 Å². The number of morpholine rings is 1. The third-order valence-electron chi connectivity index (χ3n) is 4.62. The molecule has 3 aromatic rings. The van der Waals surface area contributed by atoms with Crippen molar-refractivity contribution in [2.75, 3.05) is 41.8 Å². The molecule has 0 unspecified atom stereocenters. The molecule has 2 aromatic heterocycles. The second kappa shape index (κ2) is 8.62. The van der Waals surface area contributed by atoms with E-state index in [9.17, 15) is 4.79 Å².